The highest BCUT2D eigenvalue weighted by Crippen LogP contribution is 2.60. The van der Waals surface area contributed by atoms with Crippen molar-refractivity contribution in [2.24, 2.45) is 0 Å². The van der Waals surface area contributed by atoms with Crippen molar-refractivity contribution in [1.29, 1.82) is 0 Å². The number of fused-ring (bicyclic) bond motifs is 1. The number of ether oxygens (including phenoxy) is 1. The summed E-state index contributed by atoms with van der Waals surface area (Å²) in [4.78, 5) is 13.5. The second kappa shape index (κ2) is 6.67. The van der Waals surface area contributed by atoms with E-state index in [9.17, 15) is 48.7 Å². The molecule has 29 heavy (non-hydrogen) atoms. The quantitative estimate of drug-likeness (QED) is 0.466. The molecule has 0 atom stereocenters. The van der Waals surface area contributed by atoms with Crippen molar-refractivity contribution < 1.29 is 48.6 Å². The summed E-state index contributed by atoms with van der Waals surface area (Å²) in [5, 5.41) is -6.69. The predicted octanol–water partition coefficient (Wildman–Crippen LogP) is 5.37. The van der Waals surface area contributed by atoms with Gasteiger partial charge in [-0.25, -0.2) is 0 Å². The average molecular weight is 460 g/mol. The first-order chi connectivity index (χ1) is 12.9. The molecule has 0 bridgehead atoms. The number of alkyl halides is 11. The zero-order valence-corrected chi connectivity index (χ0v) is 14.5. The van der Waals surface area contributed by atoms with Gasteiger partial charge < -0.3 is 9.72 Å². The molecule has 0 amide bonds. The van der Waals surface area contributed by atoms with Crippen molar-refractivity contribution in [2.75, 3.05) is 7.11 Å². The zero-order valence-electron chi connectivity index (χ0n) is 13.8. The van der Waals surface area contributed by atoms with Crippen LogP contribution in [0.3, 0.4) is 0 Å². The molecule has 0 unspecified atom stereocenters. The number of methoxy groups -OCH3 is 1. The zero-order chi connectivity index (χ0) is 22.6. The van der Waals surface area contributed by atoms with E-state index in [-0.39, 0.29) is 11.8 Å². The summed E-state index contributed by atoms with van der Waals surface area (Å²) < 4.78 is 140. The standard InChI is InChI=1S/C15H8ClF10NO2/c1-29-8-4-2-3-6-7(28)5-9(27-10(6)8)11(17,18)12(19,20)13(21,22)14(23,24)15(16,25)26/h2-5H,1H3,(H,27,28). The van der Waals surface area contributed by atoms with Crippen molar-refractivity contribution in [3.05, 3.63) is 40.2 Å². The van der Waals surface area contributed by atoms with Crippen LogP contribution >= 0.6 is 11.6 Å². The average Bonchev–Trinajstić information content (AvgIpc) is 2.59. The van der Waals surface area contributed by atoms with Crippen LogP contribution in [0.1, 0.15) is 5.69 Å². The number of para-hydroxylation sites is 1. The van der Waals surface area contributed by atoms with Gasteiger partial charge in [0.1, 0.15) is 5.75 Å². The smallest absolute Gasteiger partial charge is 0.393 e. The van der Waals surface area contributed by atoms with E-state index in [1.165, 1.54) is 6.07 Å². The number of hydrogen-bond acceptors (Lipinski definition) is 2. The fourth-order valence-electron chi connectivity index (χ4n) is 2.33. The van der Waals surface area contributed by atoms with E-state index in [4.69, 9.17) is 4.74 Å². The van der Waals surface area contributed by atoms with Crippen molar-refractivity contribution in [2.45, 2.75) is 29.1 Å². The highest BCUT2D eigenvalue weighted by Gasteiger charge is 2.86. The van der Waals surface area contributed by atoms with Crippen molar-refractivity contribution in [1.82, 2.24) is 4.98 Å². The second-order valence-corrected chi connectivity index (χ2v) is 6.20. The van der Waals surface area contributed by atoms with Crippen molar-refractivity contribution in [3.63, 3.8) is 0 Å². The molecular formula is C15H8ClF10NO2. The molecule has 0 fully saturated rings. The van der Waals surface area contributed by atoms with Crippen LogP contribution in [0.25, 0.3) is 10.9 Å². The van der Waals surface area contributed by atoms with Gasteiger partial charge in [0.25, 0.3) is 0 Å². The van der Waals surface area contributed by atoms with Crippen LogP contribution in [0.5, 0.6) is 5.75 Å². The first kappa shape index (κ1) is 23.1. The third-order valence-corrected chi connectivity index (χ3v) is 4.16. The lowest BCUT2D eigenvalue weighted by Gasteiger charge is -2.37. The summed E-state index contributed by atoms with van der Waals surface area (Å²) in [6, 6.07) is 3.07. The molecule has 3 nitrogen and oxygen atoms in total. The number of H-pyrrole nitrogens is 1. The number of benzene rings is 1. The molecule has 0 saturated carbocycles. The molecule has 0 spiro atoms. The first-order valence-electron chi connectivity index (χ1n) is 7.22. The number of halogens is 11. The maximum absolute atomic E-state index is 14.2. The van der Waals surface area contributed by atoms with Gasteiger partial charge in [-0.1, -0.05) is 6.07 Å². The highest BCUT2D eigenvalue weighted by molar-refractivity contribution is 6.22. The van der Waals surface area contributed by atoms with E-state index in [1.54, 1.807) is 4.98 Å². The lowest BCUT2D eigenvalue weighted by atomic mass is 9.95. The van der Waals surface area contributed by atoms with Crippen LogP contribution in [0.15, 0.2) is 29.1 Å². The molecule has 14 heteroatoms. The Balaban J connectivity index is 2.75. The Morgan fingerprint density at radius 1 is 0.897 bits per heavy atom. The van der Waals surface area contributed by atoms with Crippen LogP contribution in [0.4, 0.5) is 43.9 Å². The van der Waals surface area contributed by atoms with Crippen LogP contribution in [0.2, 0.25) is 0 Å². The van der Waals surface area contributed by atoms with Crippen LogP contribution in [-0.4, -0.2) is 35.2 Å². The molecule has 0 radical (unpaired) electrons. The number of pyridine rings is 1. The predicted molar refractivity (Wildman–Crippen MR) is 80.7 cm³/mol. The normalized spacial score (nSPS) is 14.3. The number of nitrogens with one attached hydrogen (secondary N) is 1. The maximum atomic E-state index is 14.2. The highest BCUT2D eigenvalue weighted by atomic mass is 35.5. The van der Waals surface area contributed by atoms with Gasteiger partial charge in [-0.3, -0.25) is 4.79 Å². The maximum Gasteiger partial charge on any atom is 0.393 e. The van der Waals surface area contributed by atoms with Crippen LogP contribution in [-0.2, 0) is 5.92 Å². The van der Waals surface area contributed by atoms with Gasteiger partial charge in [0, 0.05) is 11.5 Å². The van der Waals surface area contributed by atoms with Gasteiger partial charge in [0.05, 0.1) is 18.3 Å². The Labute approximate surface area is 159 Å². The Hall–Kier alpha value is -2.18. The fourth-order valence-corrected chi connectivity index (χ4v) is 2.44. The monoisotopic (exact) mass is 459 g/mol. The van der Waals surface area contributed by atoms with E-state index in [0.29, 0.717) is 0 Å². The van der Waals surface area contributed by atoms with Crippen molar-refractivity contribution >= 4 is 22.5 Å². The van der Waals surface area contributed by atoms with E-state index in [2.05, 4.69) is 11.6 Å². The summed E-state index contributed by atoms with van der Waals surface area (Å²) in [7, 11) is 0.990. The fraction of sp³-hybridized carbons (Fsp3) is 0.400. The summed E-state index contributed by atoms with van der Waals surface area (Å²) in [6.45, 7) is 0. The summed E-state index contributed by atoms with van der Waals surface area (Å²) in [5.74, 6) is -28.1. The van der Waals surface area contributed by atoms with Crippen LogP contribution < -0.4 is 10.2 Å². The van der Waals surface area contributed by atoms with Crippen molar-refractivity contribution in [3.8, 4) is 5.75 Å². The number of aromatic amines is 1. The van der Waals surface area contributed by atoms with Gasteiger partial charge in [-0.05, 0) is 23.7 Å². The van der Waals surface area contributed by atoms with Gasteiger partial charge in [0.2, 0.25) is 0 Å². The van der Waals surface area contributed by atoms with Gasteiger partial charge in [0.15, 0.2) is 5.43 Å². The molecule has 0 aliphatic carbocycles. The molecule has 0 aliphatic heterocycles. The molecule has 1 aromatic carbocycles. The minimum atomic E-state index is -7.33. The van der Waals surface area contributed by atoms with E-state index < -0.39 is 51.1 Å². The van der Waals surface area contributed by atoms with Gasteiger partial charge in [-0.2, -0.15) is 43.9 Å². The Bertz CT molecular complexity index is 983. The van der Waals surface area contributed by atoms with Gasteiger partial charge in [-0.15, -0.1) is 0 Å². The second-order valence-electron chi connectivity index (χ2n) is 5.73. The van der Waals surface area contributed by atoms with E-state index in [0.717, 1.165) is 19.2 Å². The molecule has 1 aromatic heterocycles. The molecule has 1 heterocycles. The third kappa shape index (κ3) is 3.19. The van der Waals surface area contributed by atoms with Crippen LogP contribution in [0, 0.1) is 0 Å². The Morgan fingerprint density at radius 3 is 1.93 bits per heavy atom. The minimum absolute atomic E-state index is 0.247. The largest absolute Gasteiger partial charge is 0.495 e. The summed E-state index contributed by atoms with van der Waals surface area (Å²) in [5.41, 5.74) is -4.27. The summed E-state index contributed by atoms with van der Waals surface area (Å²) >= 11 is 3.74. The molecule has 162 valence electrons. The number of aromatic nitrogens is 1. The Kier molecular flexibility index (Phi) is 5.32. The van der Waals surface area contributed by atoms with E-state index in [1.807, 2.05) is 0 Å². The molecule has 0 aliphatic rings. The lowest BCUT2D eigenvalue weighted by molar-refractivity contribution is -0.393. The minimum Gasteiger partial charge on any atom is -0.495 e. The molecule has 0 saturated heterocycles. The van der Waals surface area contributed by atoms with E-state index >= 15 is 0 Å². The Morgan fingerprint density at radius 2 is 1.45 bits per heavy atom. The SMILES string of the molecule is COc1cccc2c(=O)cc(C(F)(F)C(F)(F)C(F)(F)C(F)(F)C(F)(F)Cl)[nH]c12. The third-order valence-electron chi connectivity index (χ3n) is 3.92. The topological polar surface area (TPSA) is 42.1 Å². The summed E-state index contributed by atoms with van der Waals surface area (Å²) in [6.07, 6.45) is 0. The molecule has 2 aromatic rings. The molecule has 2 rings (SSSR count). The molecule has 1 N–H and O–H groups in total. The number of hydrogen-bond donors (Lipinski definition) is 1. The number of rotatable bonds is 6. The molecular weight excluding hydrogens is 452 g/mol. The van der Waals surface area contributed by atoms with Gasteiger partial charge >= 0.3 is 29.1 Å². The first-order valence-corrected chi connectivity index (χ1v) is 7.59. The lowest BCUT2D eigenvalue weighted by Crippen LogP contribution is -2.65.